The van der Waals surface area contributed by atoms with Crippen molar-refractivity contribution in [1.29, 1.82) is 0 Å². The Kier molecular flexibility index (Phi) is 3.17. The van der Waals surface area contributed by atoms with Crippen LogP contribution in [-0.2, 0) is 4.79 Å². The number of oxime groups is 1. The summed E-state index contributed by atoms with van der Waals surface area (Å²) in [5.41, 5.74) is 4.89. The summed E-state index contributed by atoms with van der Waals surface area (Å²) in [4.78, 5) is 13.8. The van der Waals surface area contributed by atoms with Crippen molar-refractivity contribution < 1.29 is 10.0 Å². The van der Waals surface area contributed by atoms with E-state index in [1.165, 1.54) is 0 Å². The first-order chi connectivity index (χ1) is 7.23. The van der Waals surface area contributed by atoms with Gasteiger partial charge in [-0.25, -0.2) is 0 Å². The van der Waals surface area contributed by atoms with Crippen LogP contribution in [0.3, 0.4) is 0 Å². The first kappa shape index (κ1) is 12.8. The van der Waals surface area contributed by atoms with Crippen molar-refractivity contribution in [2.45, 2.75) is 33.6 Å². The molecule has 1 aliphatic carbocycles. The van der Waals surface area contributed by atoms with Crippen molar-refractivity contribution >= 4 is 11.7 Å². The predicted molar refractivity (Wildman–Crippen MR) is 62.2 cm³/mol. The fourth-order valence-electron chi connectivity index (χ4n) is 1.95. The van der Waals surface area contributed by atoms with Gasteiger partial charge < -0.3 is 15.8 Å². The van der Waals surface area contributed by atoms with Gasteiger partial charge in [0.15, 0.2) is 5.84 Å². The van der Waals surface area contributed by atoms with E-state index in [0.29, 0.717) is 19.4 Å². The average molecular weight is 227 g/mol. The normalized spacial score (nSPS) is 19.4. The number of amidine groups is 1. The minimum Gasteiger partial charge on any atom is -0.409 e. The zero-order valence-corrected chi connectivity index (χ0v) is 10.4. The lowest BCUT2D eigenvalue weighted by atomic mass is 9.95. The molecule has 0 aromatic rings. The fraction of sp³-hybridized carbons (Fsp3) is 0.818. The fourth-order valence-corrected chi connectivity index (χ4v) is 1.95. The van der Waals surface area contributed by atoms with Gasteiger partial charge in [0.25, 0.3) is 0 Å². The predicted octanol–water partition coefficient (Wildman–Crippen LogP) is 1.02. The molecule has 1 rings (SSSR count). The van der Waals surface area contributed by atoms with Crippen molar-refractivity contribution in [3.05, 3.63) is 0 Å². The first-order valence-electron chi connectivity index (χ1n) is 5.46. The maximum Gasteiger partial charge on any atom is 0.236 e. The highest BCUT2D eigenvalue weighted by Gasteiger charge is 2.55. The van der Waals surface area contributed by atoms with Crippen molar-refractivity contribution in [1.82, 2.24) is 4.90 Å². The maximum absolute atomic E-state index is 12.2. The number of amides is 1. The molecule has 0 spiro atoms. The molecule has 1 saturated carbocycles. The molecule has 3 N–H and O–H groups in total. The summed E-state index contributed by atoms with van der Waals surface area (Å²) in [6.45, 7) is 6.87. The van der Waals surface area contributed by atoms with Crippen LogP contribution in [0.4, 0.5) is 0 Å². The summed E-state index contributed by atoms with van der Waals surface area (Å²) in [6, 6.07) is 0. The average Bonchev–Trinajstić information content (AvgIpc) is 2.93. The maximum atomic E-state index is 12.2. The molecular formula is C11H21N3O2. The number of nitrogens with zero attached hydrogens (tertiary/aromatic N) is 2. The third kappa shape index (κ3) is 2.46. The van der Waals surface area contributed by atoms with Crippen LogP contribution in [0.2, 0.25) is 0 Å². The number of nitrogens with two attached hydrogens (primary N) is 1. The van der Waals surface area contributed by atoms with Crippen molar-refractivity contribution in [3.63, 3.8) is 0 Å². The molecule has 1 aliphatic rings. The van der Waals surface area contributed by atoms with E-state index >= 15 is 0 Å². The molecule has 0 bridgehead atoms. The van der Waals surface area contributed by atoms with E-state index in [9.17, 15) is 4.79 Å². The monoisotopic (exact) mass is 227 g/mol. The Bertz CT molecular complexity index is 314. The molecule has 0 aromatic carbocycles. The van der Waals surface area contributed by atoms with Gasteiger partial charge in [0.1, 0.15) is 5.41 Å². The second-order valence-electron chi connectivity index (χ2n) is 5.79. The lowest BCUT2D eigenvalue weighted by Gasteiger charge is -2.29. The van der Waals surface area contributed by atoms with Crippen LogP contribution in [0.25, 0.3) is 0 Å². The summed E-state index contributed by atoms with van der Waals surface area (Å²) >= 11 is 0. The standard InChI is InChI=1S/C11H21N3O2/c1-10(2,3)7-14(4)9(15)11(5-6-11)8(12)13-16/h16H,5-7H2,1-4H3,(H2,12,13). The SMILES string of the molecule is CN(CC(C)(C)C)C(=O)C1(C(N)=NO)CC1. The quantitative estimate of drug-likeness (QED) is 0.327. The molecule has 0 saturated heterocycles. The molecule has 5 nitrogen and oxygen atoms in total. The Morgan fingerprint density at radius 1 is 1.50 bits per heavy atom. The highest BCUT2D eigenvalue weighted by Crippen LogP contribution is 2.47. The van der Waals surface area contributed by atoms with Gasteiger partial charge in [-0.1, -0.05) is 25.9 Å². The molecular weight excluding hydrogens is 206 g/mol. The Labute approximate surface area is 96.3 Å². The summed E-state index contributed by atoms with van der Waals surface area (Å²) in [7, 11) is 1.76. The number of hydrogen-bond acceptors (Lipinski definition) is 3. The molecule has 0 aromatic heterocycles. The highest BCUT2D eigenvalue weighted by atomic mass is 16.4. The lowest BCUT2D eigenvalue weighted by Crippen LogP contribution is -2.44. The van der Waals surface area contributed by atoms with Crippen LogP contribution >= 0.6 is 0 Å². The van der Waals surface area contributed by atoms with Crippen LogP contribution in [0.1, 0.15) is 33.6 Å². The van der Waals surface area contributed by atoms with Gasteiger partial charge >= 0.3 is 0 Å². The Balaban J connectivity index is 2.72. The molecule has 0 aliphatic heterocycles. The number of hydrogen-bond donors (Lipinski definition) is 2. The van der Waals surface area contributed by atoms with E-state index in [2.05, 4.69) is 25.9 Å². The van der Waals surface area contributed by atoms with Gasteiger partial charge in [-0.2, -0.15) is 0 Å². The van der Waals surface area contributed by atoms with E-state index in [4.69, 9.17) is 10.9 Å². The smallest absolute Gasteiger partial charge is 0.236 e. The summed E-state index contributed by atoms with van der Waals surface area (Å²) in [6.07, 6.45) is 1.35. The summed E-state index contributed by atoms with van der Waals surface area (Å²) in [5.74, 6) is -0.00372. The zero-order valence-electron chi connectivity index (χ0n) is 10.4. The molecule has 16 heavy (non-hydrogen) atoms. The lowest BCUT2D eigenvalue weighted by molar-refractivity contribution is -0.134. The molecule has 0 unspecified atom stereocenters. The molecule has 0 atom stereocenters. The Morgan fingerprint density at radius 2 is 2.00 bits per heavy atom. The highest BCUT2D eigenvalue weighted by molar-refractivity contribution is 6.09. The van der Waals surface area contributed by atoms with Crippen LogP contribution in [0.15, 0.2) is 5.16 Å². The van der Waals surface area contributed by atoms with Crippen LogP contribution in [0.5, 0.6) is 0 Å². The van der Waals surface area contributed by atoms with Gasteiger partial charge in [0.05, 0.1) is 0 Å². The van der Waals surface area contributed by atoms with Crippen molar-refractivity contribution in [2.24, 2.45) is 21.7 Å². The minimum absolute atomic E-state index is 0.0401. The second kappa shape index (κ2) is 3.96. The molecule has 1 amide bonds. The minimum atomic E-state index is -0.727. The third-order valence-electron chi connectivity index (χ3n) is 2.82. The third-order valence-corrected chi connectivity index (χ3v) is 2.82. The first-order valence-corrected chi connectivity index (χ1v) is 5.46. The summed E-state index contributed by atoms with van der Waals surface area (Å²) < 4.78 is 0. The van der Waals surface area contributed by atoms with E-state index in [1.807, 2.05) is 0 Å². The Hall–Kier alpha value is -1.26. The number of rotatable bonds is 3. The molecule has 92 valence electrons. The van der Waals surface area contributed by atoms with E-state index < -0.39 is 5.41 Å². The molecule has 0 radical (unpaired) electrons. The van der Waals surface area contributed by atoms with E-state index in [0.717, 1.165) is 0 Å². The molecule has 1 fully saturated rings. The second-order valence-corrected chi connectivity index (χ2v) is 5.79. The molecule has 5 heteroatoms. The number of carbonyl (C=O) groups excluding carboxylic acids is 1. The van der Waals surface area contributed by atoms with Gasteiger partial charge in [0, 0.05) is 13.6 Å². The van der Waals surface area contributed by atoms with Crippen LogP contribution < -0.4 is 5.73 Å². The van der Waals surface area contributed by atoms with Crippen molar-refractivity contribution in [2.75, 3.05) is 13.6 Å². The van der Waals surface area contributed by atoms with Crippen LogP contribution in [0, 0.1) is 10.8 Å². The van der Waals surface area contributed by atoms with Crippen molar-refractivity contribution in [3.8, 4) is 0 Å². The van der Waals surface area contributed by atoms with Gasteiger partial charge in [-0.3, -0.25) is 4.79 Å². The van der Waals surface area contributed by atoms with E-state index in [-0.39, 0.29) is 17.2 Å². The van der Waals surface area contributed by atoms with E-state index in [1.54, 1.807) is 11.9 Å². The van der Waals surface area contributed by atoms with Crippen LogP contribution in [-0.4, -0.2) is 35.4 Å². The van der Waals surface area contributed by atoms with Gasteiger partial charge in [0.2, 0.25) is 5.91 Å². The topological polar surface area (TPSA) is 78.9 Å². The Morgan fingerprint density at radius 3 is 2.31 bits per heavy atom. The van der Waals surface area contributed by atoms with Gasteiger partial charge in [-0.05, 0) is 18.3 Å². The molecule has 0 heterocycles. The largest absolute Gasteiger partial charge is 0.409 e. The number of carbonyl (C=O) groups is 1. The van der Waals surface area contributed by atoms with Gasteiger partial charge in [-0.15, -0.1) is 0 Å². The summed E-state index contributed by atoms with van der Waals surface area (Å²) in [5, 5.41) is 11.6. The zero-order chi connectivity index (χ0) is 12.6.